The van der Waals surface area contributed by atoms with E-state index in [0.29, 0.717) is 6.04 Å². The molecular weight excluding hydrogens is 176 g/mol. The van der Waals surface area contributed by atoms with Crippen molar-refractivity contribution in [3.8, 4) is 0 Å². The predicted molar refractivity (Wildman–Crippen MR) is 55.2 cm³/mol. The van der Waals surface area contributed by atoms with Gasteiger partial charge in [0.25, 0.3) is 5.91 Å². The summed E-state index contributed by atoms with van der Waals surface area (Å²) in [4.78, 5) is 11.5. The van der Waals surface area contributed by atoms with Crippen molar-refractivity contribution in [3.05, 3.63) is 35.9 Å². The summed E-state index contributed by atoms with van der Waals surface area (Å²) in [5.41, 5.74) is 0.733. The van der Waals surface area contributed by atoms with Crippen molar-refractivity contribution < 1.29 is 4.79 Å². The van der Waals surface area contributed by atoms with E-state index in [-0.39, 0.29) is 5.91 Å². The molecule has 1 aromatic carbocycles. The van der Waals surface area contributed by atoms with Crippen molar-refractivity contribution in [1.29, 1.82) is 0 Å². The average molecular weight is 190 g/mol. The molecule has 1 fully saturated rings. The Kier molecular flexibility index (Phi) is 2.79. The maximum absolute atomic E-state index is 11.5. The molecule has 0 radical (unpaired) electrons. The molecular formula is C11H14N2O. The Labute approximate surface area is 83.5 Å². The molecule has 1 unspecified atom stereocenters. The van der Waals surface area contributed by atoms with Crippen LogP contribution in [-0.2, 0) is 0 Å². The summed E-state index contributed by atoms with van der Waals surface area (Å²) in [6.45, 7) is 1.85. The molecule has 1 saturated heterocycles. The molecule has 0 saturated carbocycles. The molecule has 3 heteroatoms. The number of nitrogens with one attached hydrogen (secondary N) is 2. The SMILES string of the molecule is O=C(NCCC1CN1)c1ccccc1. The molecule has 74 valence electrons. The fourth-order valence-electron chi connectivity index (χ4n) is 1.34. The van der Waals surface area contributed by atoms with Gasteiger partial charge < -0.3 is 10.6 Å². The van der Waals surface area contributed by atoms with Gasteiger partial charge >= 0.3 is 0 Å². The molecule has 1 atom stereocenters. The van der Waals surface area contributed by atoms with Crippen molar-refractivity contribution in [2.75, 3.05) is 13.1 Å². The topological polar surface area (TPSA) is 51.0 Å². The van der Waals surface area contributed by atoms with Crippen LogP contribution in [0.5, 0.6) is 0 Å². The molecule has 2 rings (SSSR count). The van der Waals surface area contributed by atoms with Crippen LogP contribution in [0.15, 0.2) is 30.3 Å². The number of rotatable bonds is 4. The standard InChI is InChI=1S/C11H14N2O/c14-11(9-4-2-1-3-5-9)12-7-6-10-8-13-10/h1-5,10,13H,6-8H2,(H,12,14). The van der Waals surface area contributed by atoms with E-state index in [1.54, 1.807) is 0 Å². The Balaban J connectivity index is 1.77. The largest absolute Gasteiger partial charge is 0.352 e. The van der Waals surface area contributed by atoms with Crippen molar-refractivity contribution in [3.63, 3.8) is 0 Å². The first-order chi connectivity index (χ1) is 6.86. The summed E-state index contributed by atoms with van der Waals surface area (Å²) in [5, 5.41) is 6.09. The smallest absolute Gasteiger partial charge is 0.251 e. The fourth-order valence-corrected chi connectivity index (χ4v) is 1.34. The van der Waals surface area contributed by atoms with Crippen LogP contribution in [-0.4, -0.2) is 25.0 Å². The second-order valence-electron chi connectivity index (χ2n) is 3.52. The molecule has 1 aliphatic rings. The minimum absolute atomic E-state index is 0.0197. The first-order valence-electron chi connectivity index (χ1n) is 4.93. The van der Waals surface area contributed by atoms with Crippen molar-refractivity contribution >= 4 is 5.91 Å². The van der Waals surface area contributed by atoms with Gasteiger partial charge in [0.2, 0.25) is 0 Å². The van der Waals surface area contributed by atoms with Crippen molar-refractivity contribution in [2.45, 2.75) is 12.5 Å². The number of hydrogen-bond donors (Lipinski definition) is 2. The Morgan fingerprint density at radius 2 is 2.14 bits per heavy atom. The van der Waals surface area contributed by atoms with Crippen LogP contribution < -0.4 is 10.6 Å². The summed E-state index contributed by atoms with van der Waals surface area (Å²) in [7, 11) is 0. The summed E-state index contributed by atoms with van der Waals surface area (Å²) in [6, 6.07) is 9.93. The van der Waals surface area contributed by atoms with Gasteiger partial charge in [-0.2, -0.15) is 0 Å². The Morgan fingerprint density at radius 3 is 2.79 bits per heavy atom. The maximum Gasteiger partial charge on any atom is 0.251 e. The first-order valence-corrected chi connectivity index (χ1v) is 4.93. The van der Waals surface area contributed by atoms with Crippen LogP contribution in [0.1, 0.15) is 16.8 Å². The summed E-state index contributed by atoms with van der Waals surface area (Å²) in [6.07, 6.45) is 1.03. The molecule has 2 N–H and O–H groups in total. The lowest BCUT2D eigenvalue weighted by Gasteiger charge is -2.03. The molecule has 1 aromatic rings. The van der Waals surface area contributed by atoms with Crippen molar-refractivity contribution in [1.82, 2.24) is 10.6 Å². The molecule has 0 aliphatic carbocycles. The van der Waals surface area contributed by atoms with Gasteiger partial charge in [0.15, 0.2) is 0 Å². The number of hydrogen-bond acceptors (Lipinski definition) is 2. The molecule has 14 heavy (non-hydrogen) atoms. The Hall–Kier alpha value is -1.35. The highest BCUT2D eigenvalue weighted by Gasteiger charge is 2.19. The predicted octanol–water partition coefficient (Wildman–Crippen LogP) is 0.778. The minimum atomic E-state index is 0.0197. The normalized spacial score (nSPS) is 19.0. The molecule has 1 amide bonds. The van der Waals surface area contributed by atoms with Crippen LogP contribution in [0, 0.1) is 0 Å². The zero-order valence-electron chi connectivity index (χ0n) is 7.99. The molecule has 0 spiro atoms. The number of amides is 1. The van der Waals surface area contributed by atoms with E-state index in [1.165, 1.54) is 0 Å². The van der Waals surface area contributed by atoms with Gasteiger partial charge in [-0.3, -0.25) is 4.79 Å². The van der Waals surface area contributed by atoms with Gasteiger partial charge in [0.05, 0.1) is 0 Å². The number of carbonyl (C=O) groups is 1. The summed E-state index contributed by atoms with van der Waals surface area (Å²) >= 11 is 0. The first kappa shape index (κ1) is 9.21. The zero-order chi connectivity index (χ0) is 9.80. The maximum atomic E-state index is 11.5. The van der Waals surface area contributed by atoms with E-state index in [4.69, 9.17) is 0 Å². The van der Waals surface area contributed by atoms with Gasteiger partial charge in [-0.05, 0) is 18.6 Å². The second kappa shape index (κ2) is 4.24. The minimum Gasteiger partial charge on any atom is -0.352 e. The third-order valence-electron chi connectivity index (χ3n) is 2.31. The summed E-state index contributed by atoms with van der Waals surface area (Å²) in [5.74, 6) is 0.0197. The molecule has 1 aliphatic heterocycles. The molecule has 3 nitrogen and oxygen atoms in total. The lowest BCUT2D eigenvalue weighted by molar-refractivity contribution is 0.0953. The second-order valence-corrected chi connectivity index (χ2v) is 3.52. The molecule has 0 aromatic heterocycles. The van der Waals surface area contributed by atoms with E-state index < -0.39 is 0 Å². The summed E-state index contributed by atoms with van der Waals surface area (Å²) < 4.78 is 0. The highest BCUT2D eigenvalue weighted by Crippen LogP contribution is 2.02. The van der Waals surface area contributed by atoms with Gasteiger partial charge in [0.1, 0.15) is 0 Å². The highest BCUT2D eigenvalue weighted by molar-refractivity contribution is 5.94. The molecule has 0 bridgehead atoms. The average Bonchev–Trinajstić information content (AvgIpc) is 3.03. The highest BCUT2D eigenvalue weighted by atomic mass is 16.1. The Morgan fingerprint density at radius 1 is 1.43 bits per heavy atom. The van der Waals surface area contributed by atoms with E-state index in [1.807, 2.05) is 30.3 Å². The third kappa shape index (κ3) is 2.57. The van der Waals surface area contributed by atoms with Gasteiger partial charge in [-0.25, -0.2) is 0 Å². The Bertz CT molecular complexity index is 306. The van der Waals surface area contributed by atoms with Crippen molar-refractivity contribution in [2.24, 2.45) is 0 Å². The fraction of sp³-hybridized carbons (Fsp3) is 0.364. The number of benzene rings is 1. The third-order valence-corrected chi connectivity index (χ3v) is 2.31. The van der Waals surface area contributed by atoms with Crippen LogP contribution in [0.4, 0.5) is 0 Å². The van der Waals surface area contributed by atoms with Crippen LogP contribution >= 0.6 is 0 Å². The van der Waals surface area contributed by atoms with E-state index >= 15 is 0 Å². The molecule has 1 heterocycles. The van der Waals surface area contributed by atoms with Gasteiger partial charge in [-0.1, -0.05) is 18.2 Å². The lowest BCUT2D eigenvalue weighted by atomic mass is 10.2. The van der Waals surface area contributed by atoms with E-state index in [0.717, 1.165) is 25.1 Å². The van der Waals surface area contributed by atoms with Crippen LogP contribution in [0.25, 0.3) is 0 Å². The van der Waals surface area contributed by atoms with Gasteiger partial charge in [-0.15, -0.1) is 0 Å². The van der Waals surface area contributed by atoms with Gasteiger partial charge in [0, 0.05) is 24.7 Å². The number of carbonyl (C=O) groups excluding carboxylic acids is 1. The zero-order valence-corrected chi connectivity index (χ0v) is 7.99. The lowest BCUT2D eigenvalue weighted by Crippen LogP contribution is -2.25. The quantitative estimate of drug-likeness (QED) is 0.689. The van der Waals surface area contributed by atoms with Crippen LogP contribution in [0.2, 0.25) is 0 Å². The monoisotopic (exact) mass is 190 g/mol. The van der Waals surface area contributed by atoms with E-state index in [2.05, 4.69) is 10.6 Å². The van der Waals surface area contributed by atoms with E-state index in [9.17, 15) is 4.79 Å². The van der Waals surface area contributed by atoms with Crippen LogP contribution in [0.3, 0.4) is 0 Å².